The molecule has 0 atom stereocenters. The largest absolute Gasteiger partial charge is 0.454 e. The molecule has 12 N–H and O–H groups in total. The smallest absolute Gasteiger partial charge is 0.219 e. The van der Waals surface area contributed by atoms with Crippen LogP contribution in [0.5, 0.6) is 81.0 Å². The van der Waals surface area contributed by atoms with Crippen LogP contribution in [0.1, 0.15) is 0 Å². The highest BCUT2D eigenvalue weighted by molar-refractivity contribution is 7.13. The summed E-state index contributed by atoms with van der Waals surface area (Å²) < 4.78 is 93.3. The normalized spacial score (nSPS) is 10.3. The highest BCUT2D eigenvalue weighted by atomic mass is 32.1. The van der Waals surface area contributed by atoms with E-state index in [0.717, 1.165) is 83.5 Å². The summed E-state index contributed by atoms with van der Waals surface area (Å²) in [5.74, 6) is 5.57. The Morgan fingerprint density at radius 3 is 0.931 bits per heavy atom. The zero-order valence-electron chi connectivity index (χ0n) is 78.2. The van der Waals surface area contributed by atoms with E-state index in [-0.39, 0.29) is 28.9 Å². The third-order valence-electron chi connectivity index (χ3n) is 21.0. The highest BCUT2D eigenvalue weighted by Gasteiger charge is 2.14. The summed E-state index contributed by atoms with van der Waals surface area (Å²) in [7, 11) is 3.61. The maximum Gasteiger partial charge on any atom is 0.219 e. The maximum atomic E-state index is 13.9. The van der Waals surface area contributed by atoms with Gasteiger partial charge in [-0.05, 0) is 250 Å². The molecule has 0 saturated carbocycles. The van der Waals surface area contributed by atoms with E-state index in [9.17, 15) is 17.6 Å². The highest BCUT2D eigenvalue weighted by Crippen LogP contribution is 2.36. The van der Waals surface area contributed by atoms with Crippen LogP contribution in [0.15, 0.2) is 468 Å². The fourth-order valence-electron chi connectivity index (χ4n) is 13.5. The number of thiazole rings is 1. The Hall–Kier alpha value is -19.5. The summed E-state index contributed by atoms with van der Waals surface area (Å²) in [6.07, 6.45) is 15.2. The van der Waals surface area contributed by atoms with Crippen LogP contribution in [0.25, 0.3) is 77.5 Å². The fourth-order valence-corrected chi connectivity index (χ4v) is 14.2. The van der Waals surface area contributed by atoms with E-state index in [2.05, 4.69) is 62.6 Å². The third-order valence-corrected chi connectivity index (χ3v) is 21.8. The van der Waals surface area contributed by atoms with Gasteiger partial charge < -0.3 is 72.5 Å². The van der Waals surface area contributed by atoms with Gasteiger partial charge in [-0.2, -0.15) is 0 Å². The molecule has 0 fully saturated rings. The van der Waals surface area contributed by atoms with Gasteiger partial charge in [-0.25, -0.2) is 37.5 Å². The van der Waals surface area contributed by atoms with E-state index in [1.54, 1.807) is 165 Å². The molecule has 22 nitrogen and oxygen atoms in total. The molecule has 13 aromatic carbocycles. The molecule has 8 aromatic heterocycles. The van der Waals surface area contributed by atoms with Crippen LogP contribution >= 0.6 is 11.3 Å². The number of nitrogens with zero attached hydrogens (tertiary/aromatic N) is 8. The van der Waals surface area contributed by atoms with Crippen molar-refractivity contribution in [2.45, 2.75) is 0 Å². The Kier molecular flexibility index (Phi) is 35.3. The second-order valence-electron chi connectivity index (χ2n) is 31.4. The molecular weight excluding hydrogens is 1850 g/mol. The lowest BCUT2D eigenvalue weighted by molar-refractivity contribution is 0.442. The zero-order chi connectivity index (χ0) is 101. The van der Waals surface area contributed by atoms with Gasteiger partial charge in [0.05, 0.1) is 75.5 Å². The van der Waals surface area contributed by atoms with Gasteiger partial charge in [-0.1, -0.05) is 164 Å². The monoisotopic (exact) mass is 1940 g/mol. The number of nitrogen functional groups attached to an aromatic ring is 5. The molecule has 0 radical (unpaired) electrons. The van der Waals surface area contributed by atoms with Crippen molar-refractivity contribution in [3.63, 3.8) is 0 Å². The van der Waals surface area contributed by atoms with Crippen LogP contribution in [-0.4, -0.2) is 54.0 Å². The van der Waals surface area contributed by atoms with Crippen LogP contribution in [0.2, 0.25) is 0 Å². The van der Waals surface area contributed by atoms with Crippen LogP contribution in [0, 0.1) is 23.3 Å². The molecule has 27 heteroatoms. The minimum atomic E-state index is -0.483. The lowest BCUT2D eigenvalue weighted by Crippen LogP contribution is -1.92. The molecule has 145 heavy (non-hydrogen) atoms. The van der Waals surface area contributed by atoms with Crippen molar-refractivity contribution in [3.05, 3.63) is 491 Å². The summed E-state index contributed by atoms with van der Waals surface area (Å²) in [5, 5.41) is 5.91. The molecule has 0 aliphatic carbocycles. The SMILES string of the molecule is CNc1ccc(Oc2ccc(-c3ccccc3)cc2)c(F)c1.CNc1ccc(Oc2ccc(-c3ccccc3)cc2)nc1.Nc1ccc(Oc2ccc(-c3ccc(F)cc3)cc2)nc1.Nc1ccc(Oc2ccc(-c3ccccc3)nc2)nc1.Nc1ccc(Oc2ccc(-c3ccccn3)cc2)c(F)c1.Nc1ccc(Oc2ccc(-c3cccnc3)cc2)c(F)c1.Nc1ccc(Oc2ccc(-c3cncs3)cc2)nc1. The minimum Gasteiger partial charge on any atom is -0.454 e. The number of ether oxygens (including phenoxy) is 7. The van der Waals surface area contributed by atoms with Gasteiger partial charge in [0.2, 0.25) is 23.5 Å². The predicted molar refractivity (Wildman–Crippen MR) is 570 cm³/mol. The zero-order valence-corrected chi connectivity index (χ0v) is 79.0. The number of rotatable bonds is 23. The van der Waals surface area contributed by atoms with Crippen molar-refractivity contribution in [3.8, 4) is 158 Å². The van der Waals surface area contributed by atoms with Crippen molar-refractivity contribution < 1.29 is 50.7 Å². The molecule has 0 spiro atoms. The number of anilines is 7. The first-order valence-electron chi connectivity index (χ1n) is 45.2. The van der Waals surface area contributed by atoms with Crippen molar-refractivity contribution >= 4 is 51.1 Å². The second-order valence-corrected chi connectivity index (χ2v) is 32.3. The molecule has 21 rings (SSSR count). The summed E-state index contributed by atoms with van der Waals surface area (Å²) in [5.41, 5.74) is 47.3. The Bertz CT molecular complexity index is 7400. The van der Waals surface area contributed by atoms with Gasteiger partial charge in [0, 0.05) is 110 Å². The molecule has 8 heterocycles. The molecule has 0 aliphatic rings. The van der Waals surface area contributed by atoms with Gasteiger partial charge in [0.25, 0.3) is 0 Å². The van der Waals surface area contributed by atoms with E-state index in [1.807, 2.05) is 274 Å². The molecule has 0 unspecified atom stereocenters. The first-order chi connectivity index (χ1) is 70.9. The Morgan fingerprint density at radius 2 is 0.566 bits per heavy atom. The Morgan fingerprint density at radius 1 is 0.228 bits per heavy atom. The van der Waals surface area contributed by atoms with Gasteiger partial charge in [0.15, 0.2) is 34.7 Å². The van der Waals surface area contributed by atoms with Crippen molar-refractivity contribution in [2.75, 3.05) is 53.4 Å². The van der Waals surface area contributed by atoms with Gasteiger partial charge in [-0.3, -0.25) is 19.9 Å². The summed E-state index contributed by atoms with van der Waals surface area (Å²) in [6.45, 7) is 0. The average Bonchev–Trinajstić information content (AvgIpc) is 1.32. The lowest BCUT2D eigenvalue weighted by Gasteiger charge is -2.09. The van der Waals surface area contributed by atoms with Crippen molar-refractivity contribution in [2.24, 2.45) is 0 Å². The van der Waals surface area contributed by atoms with Gasteiger partial charge >= 0.3 is 0 Å². The summed E-state index contributed by atoms with van der Waals surface area (Å²) in [4.78, 5) is 34.4. The standard InChI is InChI=1S/C19H16FNO.C18H16N2O.3C17H13FN2O.C16H13N3O.C14H11N3OS/c1-21-16-9-12-19(18(20)13-16)22-17-10-7-15(8-11-17)14-5-3-2-4-6-14;1-19-16-9-12-18(20-13-16)21-17-10-7-15(8-11-17)14-5-3-2-4-6-14;18-14-5-1-12(2-6-14)13-3-8-16(9-4-13)21-17-10-7-15(19)11-20-17;18-16-10-14(19)5-8-17(16)21-15-6-3-12(4-7-15)13-2-1-9-20-11-13;18-15-11-13(19)6-9-17(15)21-14-7-4-12(5-8-14)16-3-1-2-10-20-16;17-13-6-9-16(19-10-13)20-14-7-8-15(18-11-14)12-4-2-1-3-5-12;15-11-3-6-14(17-7-11)18-12-4-1-10(2-5-12)13-8-16-9-19-13/h2-13,21H,1H3;2-13,19H,1H3;3*1-11H,19H2;1-11H,17H2;1-9H,15H2. The minimum absolute atomic E-state index is 0.148. The van der Waals surface area contributed by atoms with Crippen LogP contribution in [-0.2, 0) is 0 Å². The number of benzene rings is 13. The first-order valence-corrected chi connectivity index (χ1v) is 46.1. The number of nitrogens with two attached hydrogens (primary N) is 5. The Balaban J connectivity index is 0.000000127. The molecule has 21 aromatic rings. The molecule has 0 amide bonds. The third kappa shape index (κ3) is 30.7. The fraction of sp³-hybridized carbons (Fsp3) is 0.0169. The topological polar surface area (TPSA) is 322 Å². The molecule has 0 aliphatic heterocycles. The summed E-state index contributed by atoms with van der Waals surface area (Å²) >= 11 is 1.61. The average molecular weight is 1940 g/mol. The van der Waals surface area contributed by atoms with E-state index < -0.39 is 11.6 Å². The van der Waals surface area contributed by atoms with Crippen LogP contribution < -0.4 is 72.5 Å². The van der Waals surface area contributed by atoms with Gasteiger partial charge in [-0.15, -0.1) is 11.3 Å². The van der Waals surface area contributed by atoms with E-state index >= 15 is 0 Å². The number of halogens is 4. The molecule has 718 valence electrons. The van der Waals surface area contributed by atoms with Crippen LogP contribution in [0.3, 0.4) is 0 Å². The Labute approximate surface area is 839 Å². The van der Waals surface area contributed by atoms with E-state index in [0.29, 0.717) is 86.4 Å². The van der Waals surface area contributed by atoms with Crippen LogP contribution in [0.4, 0.5) is 57.4 Å². The molecular formula is C118H95F4N15O7S. The molecule has 0 bridgehead atoms. The maximum absolute atomic E-state index is 13.9. The first kappa shape index (κ1) is 99.9. The van der Waals surface area contributed by atoms with E-state index in [1.165, 1.54) is 53.6 Å². The predicted octanol–water partition coefficient (Wildman–Crippen LogP) is 29.8. The number of hydrogen-bond donors (Lipinski definition) is 7. The van der Waals surface area contributed by atoms with Crippen molar-refractivity contribution in [1.82, 2.24) is 39.9 Å². The number of aromatic nitrogens is 8. The second kappa shape index (κ2) is 51.2. The molecule has 0 saturated heterocycles. The van der Waals surface area contributed by atoms with Crippen molar-refractivity contribution in [1.29, 1.82) is 0 Å². The van der Waals surface area contributed by atoms with Gasteiger partial charge in [0.1, 0.15) is 46.1 Å². The quantitative estimate of drug-likeness (QED) is 0.0231. The number of hydrogen-bond acceptors (Lipinski definition) is 23. The number of pyridine rings is 7. The van der Waals surface area contributed by atoms with E-state index in [4.69, 9.17) is 61.8 Å². The summed E-state index contributed by atoms with van der Waals surface area (Å²) in [6, 6.07) is 123. The number of nitrogens with one attached hydrogen (secondary N) is 2. The lowest BCUT2D eigenvalue weighted by atomic mass is 10.1.